The molecule has 22 heavy (non-hydrogen) atoms. The maximum Gasteiger partial charge on any atom is 0.251 e. The van der Waals surface area contributed by atoms with Crippen molar-refractivity contribution in [2.24, 2.45) is 5.92 Å². The Hall–Kier alpha value is -2.70. The highest BCUT2D eigenvalue weighted by molar-refractivity contribution is 5.97. The van der Waals surface area contributed by atoms with Gasteiger partial charge in [0.25, 0.3) is 5.91 Å². The molecule has 2 aromatic heterocycles. The van der Waals surface area contributed by atoms with E-state index in [0.29, 0.717) is 12.1 Å². The minimum absolute atomic E-state index is 0.0441. The third-order valence-electron chi connectivity index (χ3n) is 3.63. The van der Waals surface area contributed by atoms with Crippen molar-refractivity contribution in [3.63, 3.8) is 0 Å². The van der Waals surface area contributed by atoms with Crippen LogP contribution in [0.5, 0.6) is 0 Å². The van der Waals surface area contributed by atoms with Gasteiger partial charge in [0.2, 0.25) is 0 Å². The molecule has 114 valence electrons. The van der Waals surface area contributed by atoms with Gasteiger partial charge in [0.1, 0.15) is 0 Å². The molecule has 2 N–H and O–H groups in total. The van der Waals surface area contributed by atoms with E-state index in [1.165, 1.54) is 0 Å². The van der Waals surface area contributed by atoms with Crippen molar-refractivity contribution in [1.82, 2.24) is 30.3 Å². The smallest absolute Gasteiger partial charge is 0.251 e. The highest BCUT2D eigenvalue weighted by atomic mass is 16.1. The first-order valence-corrected chi connectivity index (χ1v) is 7.21. The first kappa shape index (κ1) is 14.2. The predicted octanol–water partition coefficient (Wildman–Crippen LogP) is 1.61. The molecule has 1 aromatic carbocycles. The predicted molar refractivity (Wildman–Crippen MR) is 82.2 cm³/mol. The van der Waals surface area contributed by atoms with E-state index in [-0.39, 0.29) is 17.9 Å². The summed E-state index contributed by atoms with van der Waals surface area (Å²) in [5.41, 5.74) is 2.30. The summed E-state index contributed by atoms with van der Waals surface area (Å²) in [5, 5.41) is 11.2. The molecule has 7 heteroatoms. The number of imidazole rings is 1. The van der Waals surface area contributed by atoms with E-state index < -0.39 is 0 Å². The fraction of sp³-hybridized carbons (Fsp3) is 0.333. The second-order valence-electron chi connectivity index (χ2n) is 5.54. The SMILES string of the molecule is CC(C)[C@H](Cn1nccn1)NC(=O)c1ccc2nc[nH]c2c1. The highest BCUT2D eigenvalue weighted by Gasteiger charge is 2.18. The molecule has 0 radical (unpaired) electrons. The van der Waals surface area contributed by atoms with Gasteiger partial charge in [-0.3, -0.25) is 4.79 Å². The molecule has 3 aromatic rings. The lowest BCUT2D eigenvalue weighted by atomic mass is 10.0. The molecule has 3 rings (SSSR count). The van der Waals surface area contributed by atoms with Crippen LogP contribution in [0, 0.1) is 5.92 Å². The molecule has 2 heterocycles. The molecule has 0 saturated heterocycles. The van der Waals surface area contributed by atoms with E-state index in [1.807, 2.05) is 6.07 Å². The molecule has 0 unspecified atom stereocenters. The molecule has 1 amide bonds. The average Bonchev–Trinajstić information content (AvgIpc) is 3.16. The number of hydrogen-bond acceptors (Lipinski definition) is 4. The number of nitrogens with zero attached hydrogens (tertiary/aromatic N) is 4. The Morgan fingerprint density at radius 3 is 2.82 bits per heavy atom. The number of hydrogen-bond donors (Lipinski definition) is 2. The Kier molecular flexibility index (Phi) is 3.86. The maximum atomic E-state index is 12.5. The molecule has 0 aliphatic rings. The lowest BCUT2D eigenvalue weighted by Gasteiger charge is -2.21. The van der Waals surface area contributed by atoms with Crippen LogP contribution in [0.3, 0.4) is 0 Å². The van der Waals surface area contributed by atoms with Crippen LogP contribution in [0.1, 0.15) is 24.2 Å². The van der Waals surface area contributed by atoms with Crippen molar-refractivity contribution in [1.29, 1.82) is 0 Å². The van der Waals surface area contributed by atoms with Gasteiger partial charge in [0, 0.05) is 5.56 Å². The highest BCUT2D eigenvalue weighted by Crippen LogP contribution is 2.12. The van der Waals surface area contributed by atoms with Crippen molar-refractivity contribution in [3.05, 3.63) is 42.5 Å². The van der Waals surface area contributed by atoms with Crippen LogP contribution in [0.4, 0.5) is 0 Å². The molecule has 0 aliphatic heterocycles. The Morgan fingerprint density at radius 1 is 1.32 bits per heavy atom. The van der Waals surface area contributed by atoms with Gasteiger partial charge in [-0.2, -0.15) is 15.0 Å². The van der Waals surface area contributed by atoms with E-state index in [4.69, 9.17) is 0 Å². The lowest BCUT2D eigenvalue weighted by Crippen LogP contribution is -2.42. The van der Waals surface area contributed by atoms with Gasteiger partial charge in [-0.05, 0) is 24.1 Å². The Balaban J connectivity index is 1.75. The third kappa shape index (κ3) is 2.98. The Bertz CT molecular complexity index is 761. The van der Waals surface area contributed by atoms with Crippen LogP contribution in [0.15, 0.2) is 36.9 Å². The van der Waals surface area contributed by atoms with E-state index >= 15 is 0 Å². The summed E-state index contributed by atoms with van der Waals surface area (Å²) in [6, 6.07) is 5.38. The minimum Gasteiger partial charge on any atom is -0.347 e. The van der Waals surface area contributed by atoms with Crippen LogP contribution in [-0.4, -0.2) is 36.9 Å². The normalized spacial score (nSPS) is 12.7. The number of fused-ring (bicyclic) bond motifs is 1. The molecular weight excluding hydrogens is 280 g/mol. The van der Waals surface area contributed by atoms with Gasteiger partial charge in [0.15, 0.2) is 0 Å². The summed E-state index contributed by atoms with van der Waals surface area (Å²) in [6.45, 7) is 4.67. The monoisotopic (exact) mass is 298 g/mol. The van der Waals surface area contributed by atoms with E-state index in [9.17, 15) is 4.79 Å². The molecule has 0 spiro atoms. The van der Waals surface area contributed by atoms with Crippen LogP contribution in [-0.2, 0) is 6.54 Å². The Morgan fingerprint density at radius 2 is 2.09 bits per heavy atom. The van der Waals surface area contributed by atoms with E-state index in [2.05, 4.69) is 39.3 Å². The fourth-order valence-electron chi connectivity index (χ4n) is 2.27. The molecule has 0 aliphatic carbocycles. The van der Waals surface area contributed by atoms with E-state index in [1.54, 1.807) is 35.7 Å². The second-order valence-corrected chi connectivity index (χ2v) is 5.54. The Labute approximate surface area is 127 Å². The quantitative estimate of drug-likeness (QED) is 0.749. The van der Waals surface area contributed by atoms with Crippen molar-refractivity contribution < 1.29 is 4.79 Å². The molecule has 0 bridgehead atoms. The first-order valence-electron chi connectivity index (χ1n) is 7.21. The standard InChI is InChI=1S/C15H18N6O/c1-10(2)14(8-21-18-5-6-19-21)20-15(22)11-3-4-12-13(7-11)17-9-16-12/h3-7,9-10,14H,8H2,1-2H3,(H,16,17)(H,20,22)/t14-/m0/s1. The van der Waals surface area contributed by atoms with Crippen LogP contribution in [0.25, 0.3) is 11.0 Å². The largest absolute Gasteiger partial charge is 0.347 e. The van der Waals surface area contributed by atoms with Gasteiger partial charge in [0.05, 0.1) is 42.3 Å². The van der Waals surface area contributed by atoms with Gasteiger partial charge in [-0.1, -0.05) is 13.8 Å². The van der Waals surface area contributed by atoms with Crippen LogP contribution >= 0.6 is 0 Å². The summed E-state index contributed by atoms with van der Waals surface area (Å²) < 4.78 is 0. The molecular formula is C15H18N6O. The molecule has 7 nitrogen and oxygen atoms in total. The maximum absolute atomic E-state index is 12.5. The minimum atomic E-state index is -0.109. The van der Waals surface area contributed by atoms with Gasteiger partial charge in [-0.15, -0.1) is 0 Å². The molecule has 1 atom stereocenters. The number of rotatable bonds is 5. The summed E-state index contributed by atoms with van der Waals surface area (Å²) >= 11 is 0. The third-order valence-corrected chi connectivity index (χ3v) is 3.63. The second kappa shape index (κ2) is 5.97. The van der Waals surface area contributed by atoms with Gasteiger partial charge >= 0.3 is 0 Å². The number of aromatic amines is 1. The number of H-pyrrole nitrogens is 1. The first-order chi connectivity index (χ1) is 10.6. The molecule has 0 fully saturated rings. The molecule has 0 saturated carbocycles. The summed E-state index contributed by atoms with van der Waals surface area (Å²) in [4.78, 5) is 21.2. The zero-order valence-electron chi connectivity index (χ0n) is 12.5. The number of aromatic nitrogens is 5. The number of carbonyl (C=O) groups is 1. The lowest BCUT2D eigenvalue weighted by molar-refractivity contribution is 0.0918. The number of carbonyl (C=O) groups excluding carboxylic acids is 1. The van der Waals surface area contributed by atoms with Crippen molar-refractivity contribution >= 4 is 16.9 Å². The summed E-state index contributed by atoms with van der Waals surface area (Å²) in [7, 11) is 0. The summed E-state index contributed by atoms with van der Waals surface area (Å²) in [6.07, 6.45) is 4.88. The zero-order valence-corrected chi connectivity index (χ0v) is 12.5. The van der Waals surface area contributed by atoms with Gasteiger partial charge in [-0.25, -0.2) is 4.98 Å². The van der Waals surface area contributed by atoms with Crippen LogP contribution in [0.2, 0.25) is 0 Å². The van der Waals surface area contributed by atoms with Crippen molar-refractivity contribution in [3.8, 4) is 0 Å². The van der Waals surface area contributed by atoms with E-state index in [0.717, 1.165) is 11.0 Å². The number of amides is 1. The average molecular weight is 298 g/mol. The summed E-state index contributed by atoms with van der Waals surface area (Å²) in [5.74, 6) is 0.160. The number of nitrogens with one attached hydrogen (secondary N) is 2. The van der Waals surface area contributed by atoms with Crippen LogP contribution < -0.4 is 5.32 Å². The topological polar surface area (TPSA) is 88.5 Å². The fourth-order valence-corrected chi connectivity index (χ4v) is 2.27. The van der Waals surface area contributed by atoms with Gasteiger partial charge < -0.3 is 10.3 Å². The van der Waals surface area contributed by atoms with Crippen molar-refractivity contribution in [2.45, 2.75) is 26.4 Å². The zero-order chi connectivity index (χ0) is 15.5. The van der Waals surface area contributed by atoms with Crippen molar-refractivity contribution in [2.75, 3.05) is 0 Å². The number of benzene rings is 1.